The van der Waals surface area contributed by atoms with Crippen molar-refractivity contribution in [2.45, 2.75) is 26.8 Å². The first-order chi connectivity index (χ1) is 29.3. The van der Waals surface area contributed by atoms with Gasteiger partial charge >= 0.3 is 0 Å². The first kappa shape index (κ1) is 45.4. The van der Waals surface area contributed by atoms with Crippen molar-refractivity contribution in [3.05, 3.63) is 176 Å². The number of phenolic OH excluding ortho intramolecular Hbond substituents is 2. The lowest BCUT2D eigenvalue weighted by Gasteiger charge is -2.23. The largest absolute Gasteiger partial charge is 0.506 e. The summed E-state index contributed by atoms with van der Waals surface area (Å²) in [6.07, 6.45) is 7.20. The van der Waals surface area contributed by atoms with E-state index in [1.165, 1.54) is 12.3 Å². The standard InChI is InChI=1S/C24H22ClN3O2.C9H7NO.C9H10O2.C5H4Cl2N2/c1-14-6-7-17(12-20(14)30-3)22(28-21-11-15(2)19(25)13-27-21)18-9-8-16-5-4-10-26-23(16)24(18)29;11-8-5-1-3-7-4-2-6-10-9(7)8;1-7-5-8(6-10)3-4-9(7)11-2;6-3-1-5(8)9-2-4(3)7/h4-13,22,29H,1-3H3,(H,27,28);1-6,11H;3-6H,1-2H3;1-2H,(H2,8,9). The first-order valence-corrected chi connectivity index (χ1v) is 19.8. The quantitative estimate of drug-likeness (QED) is 0.113. The lowest BCUT2D eigenvalue weighted by molar-refractivity contribution is 0.112. The summed E-state index contributed by atoms with van der Waals surface area (Å²) >= 11 is 17.2. The number of nitrogens with one attached hydrogen (secondary N) is 1. The van der Waals surface area contributed by atoms with Crippen LogP contribution in [-0.2, 0) is 0 Å². The van der Waals surface area contributed by atoms with Crippen molar-refractivity contribution in [3.8, 4) is 23.0 Å². The van der Waals surface area contributed by atoms with E-state index in [1.54, 1.807) is 63.1 Å². The summed E-state index contributed by atoms with van der Waals surface area (Å²) in [7, 11) is 3.26. The van der Waals surface area contributed by atoms with Crippen LogP contribution in [0.4, 0.5) is 11.6 Å². The first-order valence-electron chi connectivity index (χ1n) is 18.6. The molecule has 312 valence electrons. The second-order valence-electron chi connectivity index (χ2n) is 13.4. The number of hydrogen-bond acceptors (Lipinski definition) is 11. The van der Waals surface area contributed by atoms with Gasteiger partial charge in [0.2, 0.25) is 0 Å². The van der Waals surface area contributed by atoms with Crippen molar-refractivity contribution >= 4 is 74.5 Å². The van der Waals surface area contributed by atoms with Crippen LogP contribution in [0.25, 0.3) is 21.8 Å². The summed E-state index contributed by atoms with van der Waals surface area (Å²) in [4.78, 5) is 26.8. The van der Waals surface area contributed by atoms with Crippen LogP contribution >= 0.6 is 34.8 Å². The number of nitrogens with two attached hydrogens (primary N) is 1. The van der Waals surface area contributed by atoms with Gasteiger partial charge in [0.1, 0.15) is 52.0 Å². The summed E-state index contributed by atoms with van der Waals surface area (Å²) in [5.41, 5.74) is 11.7. The lowest BCUT2D eigenvalue weighted by Crippen LogP contribution is -2.14. The van der Waals surface area contributed by atoms with Crippen molar-refractivity contribution in [3.63, 3.8) is 0 Å². The van der Waals surface area contributed by atoms with E-state index in [2.05, 4.69) is 25.3 Å². The Bertz CT molecular complexity index is 2770. The number of nitrogens with zero attached hydrogens (tertiary/aromatic N) is 4. The number of ether oxygens (including phenoxy) is 2. The highest BCUT2D eigenvalue weighted by Crippen LogP contribution is 2.38. The zero-order chi connectivity index (χ0) is 44.1. The minimum atomic E-state index is -0.376. The Morgan fingerprint density at radius 3 is 1.95 bits per heavy atom. The zero-order valence-corrected chi connectivity index (χ0v) is 36.2. The number of aromatic nitrogens is 4. The summed E-state index contributed by atoms with van der Waals surface area (Å²) in [6, 6.07) is 31.1. The Balaban J connectivity index is 0.000000184. The molecule has 61 heavy (non-hydrogen) atoms. The Morgan fingerprint density at radius 2 is 1.33 bits per heavy atom. The van der Waals surface area contributed by atoms with Gasteiger partial charge in [0.25, 0.3) is 0 Å². The van der Waals surface area contributed by atoms with Crippen molar-refractivity contribution in [1.29, 1.82) is 0 Å². The van der Waals surface area contributed by atoms with Crippen LogP contribution in [0.3, 0.4) is 0 Å². The molecule has 11 nitrogen and oxygen atoms in total. The molecule has 1 atom stereocenters. The van der Waals surface area contributed by atoms with E-state index in [4.69, 9.17) is 50.0 Å². The van der Waals surface area contributed by atoms with Crippen LogP contribution in [0.15, 0.2) is 128 Å². The molecule has 0 radical (unpaired) electrons. The molecule has 14 heteroatoms. The van der Waals surface area contributed by atoms with Crippen LogP contribution in [0, 0.1) is 20.8 Å². The SMILES string of the molecule is COc1cc(C(Nc2cc(C)c(Cl)cn2)c2ccc3cccnc3c2O)ccc1C.COc1ccc(C=O)cc1C.Nc1cc(Cl)c(Cl)cn1.Oc1cccc2cccnc12. The maximum atomic E-state index is 11.1. The van der Waals surface area contributed by atoms with E-state index in [9.17, 15) is 15.0 Å². The molecular weight excluding hydrogens is 835 g/mol. The second kappa shape index (κ2) is 21.6. The molecule has 5 N–H and O–H groups in total. The molecule has 8 rings (SSSR count). The third kappa shape index (κ3) is 12.0. The Kier molecular flexibility index (Phi) is 16.0. The number of carbonyl (C=O) groups is 1. The fourth-order valence-electron chi connectivity index (χ4n) is 5.99. The number of nitrogen functional groups attached to an aromatic ring is 1. The van der Waals surface area contributed by atoms with Gasteiger partial charge in [0.15, 0.2) is 0 Å². The van der Waals surface area contributed by atoms with Gasteiger partial charge in [0, 0.05) is 52.8 Å². The monoisotopic (exact) mass is 876 g/mol. The molecule has 4 aromatic carbocycles. The molecular formula is C47H43Cl3N6O5. The number of pyridine rings is 4. The van der Waals surface area contributed by atoms with E-state index in [0.29, 0.717) is 48.9 Å². The number of anilines is 2. The Labute approximate surface area is 368 Å². The maximum Gasteiger partial charge on any atom is 0.150 e. The summed E-state index contributed by atoms with van der Waals surface area (Å²) < 4.78 is 10.6. The number of halogens is 3. The van der Waals surface area contributed by atoms with Gasteiger partial charge in [-0.3, -0.25) is 14.8 Å². The number of para-hydroxylation sites is 1. The minimum absolute atomic E-state index is 0.135. The Hall–Kier alpha value is -6.66. The molecule has 4 aromatic heterocycles. The number of aldehydes is 1. The number of fused-ring (bicyclic) bond motifs is 2. The van der Waals surface area contributed by atoms with E-state index < -0.39 is 0 Å². The molecule has 0 bridgehead atoms. The minimum Gasteiger partial charge on any atom is -0.506 e. The molecule has 8 aromatic rings. The van der Waals surface area contributed by atoms with Crippen LogP contribution in [0.1, 0.15) is 44.2 Å². The molecule has 0 aliphatic rings. The number of rotatable bonds is 7. The van der Waals surface area contributed by atoms with Gasteiger partial charge in [-0.25, -0.2) is 9.97 Å². The molecule has 0 saturated heterocycles. The third-order valence-electron chi connectivity index (χ3n) is 9.19. The van der Waals surface area contributed by atoms with E-state index in [0.717, 1.165) is 50.8 Å². The fraction of sp³-hybridized carbons (Fsp3) is 0.128. The zero-order valence-electron chi connectivity index (χ0n) is 33.9. The average Bonchev–Trinajstić information content (AvgIpc) is 3.27. The summed E-state index contributed by atoms with van der Waals surface area (Å²) in [5, 5.41) is 27.1. The number of hydrogen-bond donors (Lipinski definition) is 4. The van der Waals surface area contributed by atoms with Crippen molar-refractivity contribution < 1.29 is 24.5 Å². The molecule has 4 heterocycles. The predicted octanol–water partition coefficient (Wildman–Crippen LogP) is 11.5. The van der Waals surface area contributed by atoms with Crippen molar-refractivity contribution in [1.82, 2.24) is 19.9 Å². The van der Waals surface area contributed by atoms with Gasteiger partial charge in [-0.05, 0) is 91.6 Å². The molecule has 0 spiro atoms. The highest BCUT2D eigenvalue weighted by molar-refractivity contribution is 6.42. The van der Waals surface area contributed by atoms with Crippen molar-refractivity contribution in [2.24, 2.45) is 0 Å². The number of carbonyl (C=O) groups excluding carboxylic acids is 1. The highest BCUT2D eigenvalue weighted by Gasteiger charge is 2.22. The van der Waals surface area contributed by atoms with Gasteiger partial charge in [0.05, 0.1) is 35.3 Å². The number of aryl methyl sites for hydroxylation is 3. The van der Waals surface area contributed by atoms with Crippen LogP contribution in [-0.4, -0.2) is 50.7 Å². The lowest BCUT2D eigenvalue weighted by atomic mass is 9.95. The smallest absolute Gasteiger partial charge is 0.150 e. The predicted molar refractivity (Wildman–Crippen MR) is 246 cm³/mol. The molecule has 0 aliphatic heterocycles. The topological polar surface area (TPSA) is 166 Å². The number of phenols is 2. The maximum absolute atomic E-state index is 11.1. The third-order valence-corrected chi connectivity index (χ3v) is 10.3. The molecule has 0 saturated carbocycles. The highest BCUT2D eigenvalue weighted by atomic mass is 35.5. The van der Waals surface area contributed by atoms with E-state index in [1.807, 2.05) is 87.5 Å². The van der Waals surface area contributed by atoms with Gasteiger partial charge in [-0.15, -0.1) is 0 Å². The van der Waals surface area contributed by atoms with Crippen LogP contribution in [0.2, 0.25) is 15.1 Å². The van der Waals surface area contributed by atoms with Gasteiger partial charge < -0.3 is 30.7 Å². The summed E-state index contributed by atoms with van der Waals surface area (Å²) in [6.45, 7) is 5.83. The van der Waals surface area contributed by atoms with E-state index >= 15 is 0 Å². The molecule has 0 fully saturated rings. The molecule has 1 unspecified atom stereocenters. The number of aromatic hydroxyl groups is 2. The molecule has 0 amide bonds. The van der Waals surface area contributed by atoms with Crippen LogP contribution < -0.4 is 20.5 Å². The van der Waals surface area contributed by atoms with Gasteiger partial charge in [-0.2, -0.15) is 0 Å². The van der Waals surface area contributed by atoms with E-state index in [-0.39, 0.29) is 17.5 Å². The second-order valence-corrected chi connectivity index (χ2v) is 14.6. The van der Waals surface area contributed by atoms with Crippen LogP contribution in [0.5, 0.6) is 23.0 Å². The number of benzene rings is 4. The normalized spacial score (nSPS) is 10.8. The van der Waals surface area contributed by atoms with Gasteiger partial charge in [-0.1, -0.05) is 83.3 Å². The number of methoxy groups -OCH3 is 2. The van der Waals surface area contributed by atoms with Crippen molar-refractivity contribution in [2.75, 3.05) is 25.3 Å². The molecule has 0 aliphatic carbocycles. The summed E-state index contributed by atoms with van der Waals surface area (Å²) in [5.74, 6) is 3.00. The fourth-order valence-corrected chi connectivity index (χ4v) is 6.36. The average molecular weight is 878 g/mol. The Morgan fingerprint density at radius 1 is 0.656 bits per heavy atom.